The summed E-state index contributed by atoms with van der Waals surface area (Å²) in [6.07, 6.45) is 7.64. The third-order valence-electron chi connectivity index (χ3n) is 3.83. The van der Waals surface area contributed by atoms with E-state index in [9.17, 15) is 14.4 Å². The Bertz CT molecular complexity index is 667. The Morgan fingerprint density at radius 1 is 1.08 bits per heavy atom. The van der Waals surface area contributed by atoms with Crippen molar-refractivity contribution in [3.8, 4) is 0 Å². The number of carbonyl (C=O) groups excluding carboxylic acids is 3. The first-order valence-electron chi connectivity index (χ1n) is 8.52. The Balaban J connectivity index is 1.55. The van der Waals surface area contributed by atoms with Gasteiger partial charge in [0.2, 0.25) is 0 Å². The van der Waals surface area contributed by atoms with E-state index in [0.717, 1.165) is 17.0 Å². The Labute approximate surface area is 152 Å². The average Bonchev–Trinajstić information content (AvgIpc) is 2.97. The number of hydrazine groups is 1. The summed E-state index contributed by atoms with van der Waals surface area (Å²) in [4.78, 5) is 35.7. The lowest BCUT2D eigenvalue weighted by atomic mass is 10.2. The smallest absolute Gasteiger partial charge is 0.424 e. The number of unbranched alkanes of at least 4 members (excludes halogenated alkanes) is 2. The number of hydrogen-bond donors (Lipinski definition) is 1. The molecule has 0 saturated heterocycles. The van der Waals surface area contributed by atoms with Gasteiger partial charge in [0.25, 0.3) is 11.8 Å². The highest BCUT2D eigenvalue weighted by molar-refractivity contribution is 6.12. The summed E-state index contributed by atoms with van der Waals surface area (Å²) < 4.78 is 5.06. The highest BCUT2D eigenvalue weighted by Gasteiger charge is 2.22. The zero-order chi connectivity index (χ0) is 18.8. The molecule has 1 aromatic rings. The third kappa shape index (κ3) is 6.18. The van der Waals surface area contributed by atoms with E-state index in [0.29, 0.717) is 25.9 Å². The zero-order valence-electron chi connectivity index (χ0n) is 14.5. The summed E-state index contributed by atoms with van der Waals surface area (Å²) in [7, 11) is 0. The number of amides is 3. The molecule has 0 spiro atoms. The monoisotopic (exact) mass is 357 g/mol. The van der Waals surface area contributed by atoms with E-state index in [4.69, 9.17) is 10.6 Å². The Morgan fingerprint density at radius 2 is 1.77 bits per heavy atom. The van der Waals surface area contributed by atoms with Crippen LogP contribution >= 0.6 is 0 Å². The van der Waals surface area contributed by atoms with Gasteiger partial charge in [0.05, 0.1) is 0 Å². The van der Waals surface area contributed by atoms with Crippen LogP contribution in [0.4, 0.5) is 4.79 Å². The second-order valence-electron chi connectivity index (χ2n) is 5.81. The van der Waals surface area contributed by atoms with Crippen molar-refractivity contribution in [2.45, 2.75) is 19.3 Å². The number of hydrogen-bond acceptors (Lipinski definition) is 5. The number of imide groups is 1. The molecule has 7 nitrogen and oxygen atoms in total. The molecule has 0 aliphatic carbocycles. The van der Waals surface area contributed by atoms with Crippen molar-refractivity contribution in [2.24, 2.45) is 5.84 Å². The molecule has 7 heteroatoms. The maximum atomic E-state index is 11.8. The predicted octanol–water partition coefficient (Wildman–Crippen LogP) is 2.11. The van der Waals surface area contributed by atoms with Gasteiger partial charge in [-0.25, -0.2) is 15.6 Å². The molecule has 0 fully saturated rings. The van der Waals surface area contributed by atoms with E-state index >= 15 is 0 Å². The third-order valence-corrected chi connectivity index (χ3v) is 3.83. The van der Waals surface area contributed by atoms with Gasteiger partial charge in [-0.2, -0.15) is 0 Å². The van der Waals surface area contributed by atoms with Gasteiger partial charge < -0.3 is 4.74 Å². The zero-order valence-corrected chi connectivity index (χ0v) is 14.5. The van der Waals surface area contributed by atoms with Gasteiger partial charge in [-0.15, -0.1) is 0 Å². The van der Waals surface area contributed by atoms with Crippen LogP contribution in [0, 0.1) is 0 Å². The van der Waals surface area contributed by atoms with E-state index < -0.39 is 6.09 Å². The minimum absolute atomic E-state index is 0.146. The fraction of sp³-hybridized carbons (Fsp3) is 0.316. The van der Waals surface area contributed by atoms with Gasteiger partial charge in [-0.3, -0.25) is 14.5 Å². The van der Waals surface area contributed by atoms with Crippen molar-refractivity contribution in [3.63, 3.8) is 0 Å². The van der Waals surface area contributed by atoms with Crippen molar-refractivity contribution in [3.05, 3.63) is 54.1 Å². The van der Waals surface area contributed by atoms with E-state index in [1.807, 2.05) is 36.4 Å². The standard InChI is InChI=1S/C19H23N3O4/c20-22(14-6-2-5-13-21-17(23)11-12-18(21)24)19(25)26-15-7-10-16-8-3-1-4-9-16/h1,3-4,7-12H,2,5-6,13-15,20H2/b10-7+. The van der Waals surface area contributed by atoms with E-state index in [1.165, 1.54) is 17.1 Å². The predicted molar refractivity (Wildman–Crippen MR) is 97.4 cm³/mol. The summed E-state index contributed by atoms with van der Waals surface area (Å²) in [5.41, 5.74) is 1.03. The van der Waals surface area contributed by atoms with Crippen LogP contribution in [-0.4, -0.2) is 47.5 Å². The molecule has 0 aromatic heterocycles. The SMILES string of the molecule is NN(CCCCCN1C(=O)C=CC1=O)C(=O)OC/C=C/c1ccccc1. The molecule has 1 aromatic carbocycles. The lowest BCUT2D eigenvalue weighted by molar-refractivity contribution is -0.136. The number of rotatable bonds is 9. The quantitative estimate of drug-likeness (QED) is 0.240. The van der Waals surface area contributed by atoms with Gasteiger partial charge in [0.15, 0.2) is 0 Å². The lowest BCUT2D eigenvalue weighted by Crippen LogP contribution is -2.38. The number of carbonyl (C=O) groups is 3. The van der Waals surface area contributed by atoms with Crippen molar-refractivity contribution in [2.75, 3.05) is 19.7 Å². The summed E-state index contributed by atoms with van der Waals surface area (Å²) in [6, 6.07) is 9.69. The lowest BCUT2D eigenvalue weighted by Gasteiger charge is -2.16. The summed E-state index contributed by atoms with van der Waals surface area (Å²) in [5.74, 6) is 5.11. The minimum Gasteiger partial charge on any atom is -0.444 e. The second-order valence-corrected chi connectivity index (χ2v) is 5.81. The molecule has 1 heterocycles. The summed E-state index contributed by atoms with van der Waals surface area (Å²) in [5, 5.41) is 1.03. The van der Waals surface area contributed by atoms with Crippen LogP contribution in [0.25, 0.3) is 6.08 Å². The molecule has 2 N–H and O–H groups in total. The number of benzene rings is 1. The molecule has 26 heavy (non-hydrogen) atoms. The average molecular weight is 357 g/mol. The first-order valence-corrected chi connectivity index (χ1v) is 8.52. The van der Waals surface area contributed by atoms with Crippen molar-refractivity contribution in [1.82, 2.24) is 9.91 Å². The van der Waals surface area contributed by atoms with Gasteiger partial charge in [-0.05, 0) is 30.9 Å². The molecule has 1 aliphatic heterocycles. The molecule has 0 radical (unpaired) electrons. The molecular formula is C19H23N3O4. The first kappa shape index (κ1) is 19.4. The van der Waals surface area contributed by atoms with Crippen LogP contribution in [0.3, 0.4) is 0 Å². The number of nitrogens with two attached hydrogens (primary N) is 1. The second kappa shape index (κ2) is 10.1. The highest BCUT2D eigenvalue weighted by Crippen LogP contribution is 2.07. The normalized spacial score (nSPS) is 13.7. The number of nitrogens with zero attached hydrogens (tertiary/aromatic N) is 2. The van der Waals surface area contributed by atoms with Gasteiger partial charge in [-0.1, -0.05) is 36.4 Å². The van der Waals surface area contributed by atoms with Crippen LogP contribution in [0.5, 0.6) is 0 Å². The molecule has 138 valence electrons. The molecule has 1 aliphatic rings. The molecule has 0 unspecified atom stereocenters. The summed E-state index contributed by atoms with van der Waals surface area (Å²) >= 11 is 0. The van der Waals surface area contributed by atoms with Crippen molar-refractivity contribution < 1.29 is 19.1 Å². The fourth-order valence-corrected chi connectivity index (χ4v) is 2.42. The number of ether oxygens (including phenoxy) is 1. The molecular weight excluding hydrogens is 334 g/mol. The van der Waals surface area contributed by atoms with E-state index in [-0.39, 0.29) is 18.4 Å². The van der Waals surface area contributed by atoms with Crippen LogP contribution in [0.1, 0.15) is 24.8 Å². The Kier molecular flexibility index (Phi) is 7.57. The topological polar surface area (TPSA) is 92.9 Å². The van der Waals surface area contributed by atoms with Crippen LogP contribution in [0.2, 0.25) is 0 Å². The highest BCUT2D eigenvalue weighted by atomic mass is 16.6. The van der Waals surface area contributed by atoms with Crippen LogP contribution < -0.4 is 5.84 Å². The van der Waals surface area contributed by atoms with Crippen molar-refractivity contribution in [1.29, 1.82) is 0 Å². The van der Waals surface area contributed by atoms with Gasteiger partial charge >= 0.3 is 6.09 Å². The molecule has 2 rings (SSSR count). The van der Waals surface area contributed by atoms with Crippen LogP contribution in [0.15, 0.2) is 48.6 Å². The first-order chi connectivity index (χ1) is 12.6. The van der Waals surface area contributed by atoms with Gasteiger partial charge in [0.1, 0.15) is 6.61 Å². The van der Waals surface area contributed by atoms with E-state index in [2.05, 4.69) is 0 Å². The van der Waals surface area contributed by atoms with E-state index in [1.54, 1.807) is 6.08 Å². The largest absolute Gasteiger partial charge is 0.444 e. The summed E-state index contributed by atoms with van der Waals surface area (Å²) in [6.45, 7) is 0.874. The molecule has 0 bridgehead atoms. The molecule has 3 amide bonds. The Hall–Kier alpha value is -2.93. The maximum absolute atomic E-state index is 11.8. The maximum Gasteiger partial charge on any atom is 0.424 e. The molecule has 0 saturated carbocycles. The minimum atomic E-state index is -0.586. The fourth-order valence-electron chi connectivity index (χ4n) is 2.42. The Morgan fingerprint density at radius 3 is 2.46 bits per heavy atom. The van der Waals surface area contributed by atoms with Crippen molar-refractivity contribution >= 4 is 24.0 Å². The molecule has 0 atom stereocenters. The van der Waals surface area contributed by atoms with Crippen LogP contribution in [-0.2, 0) is 14.3 Å². The van der Waals surface area contributed by atoms with Gasteiger partial charge in [0, 0.05) is 25.2 Å².